The smallest absolute Gasteiger partial charge is 0.311 e. The van der Waals surface area contributed by atoms with Crippen LogP contribution in [0.15, 0.2) is 47.4 Å². The molecule has 13 heteroatoms. The van der Waals surface area contributed by atoms with Gasteiger partial charge >= 0.3 is 11.7 Å². The highest BCUT2D eigenvalue weighted by atomic mass is 32.2. The van der Waals surface area contributed by atoms with Crippen LogP contribution < -0.4 is 5.32 Å². The average Bonchev–Trinajstić information content (AvgIpc) is 2.80. The molecule has 0 bridgehead atoms. The number of nitrogens with zero attached hydrogens (tertiary/aromatic N) is 2. The number of ether oxygens (including phenoxy) is 1. The number of anilines is 1. The second kappa shape index (κ2) is 10.2. The number of hydrogen-bond donors (Lipinski definition) is 1. The third kappa shape index (κ3) is 5.72. The molecule has 0 spiro atoms. The standard InChI is InChI=1S/C21H21F2N3O7S/c1-13(20(27)24-16-6-9-18(23)19(11-16)26(29)30)33-21(28)14-3-2-10-25(12-14)34(31,32)17-7-4-15(22)5-8-17/h4-9,11,13-14H,2-3,10,12H2,1H3,(H,24,27). The molecule has 1 saturated heterocycles. The maximum absolute atomic E-state index is 13.4. The van der Waals surface area contributed by atoms with Crippen LogP contribution in [0.2, 0.25) is 0 Å². The van der Waals surface area contributed by atoms with E-state index in [1.165, 1.54) is 6.92 Å². The van der Waals surface area contributed by atoms with Crippen molar-refractivity contribution in [3.8, 4) is 0 Å². The van der Waals surface area contributed by atoms with Crippen LogP contribution in [0.3, 0.4) is 0 Å². The molecular formula is C21H21F2N3O7S. The number of hydrogen-bond acceptors (Lipinski definition) is 7. The van der Waals surface area contributed by atoms with Crippen molar-refractivity contribution in [2.45, 2.75) is 30.8 Å². The topological polar surface area (TPSA) is 136 Å². The number of nitrogens with one attached hydrogen (secondary N) is 1. The van der Waals surface area contributed by atoms with E-state index in [2.05, 4.69) is 5.32 Å². The van der Waals surface area contributed by atoms with E-state index in [1.807, 2.05) is 0 Å². The van der Waals surface area contributed by atoms with Crippen molar-refractivity contribution in [3.63, 3.8) is 0 Å². The van der Waals surface area contributed by atoms with Crippen molar-refractivity contribution >= 4 is 33.3 Å². The normalized spacial score (nSPS) is 17.6. The highest BCUT2D eigenvalue weighted by Gasteiger charge is 2.35. The van der Waals surface area contributed by atoms with Crippen LogP contribution in [0.5, 0.6) is 0 Å². The fraction of sp³-hybridized carbons (Fsp3) is 0.333. The lowest BCUT2D eigenvalue weighted by Gasteiger charge is -2.31. The summed E-state index contributed by atoms with van der Waals surface area (Å²) in [5, 5.41) is 13.1. The zero-order valence-corrected chi connectivity index (χ0v) is 18.8. The predicted octanol–water partition coefficient (Wildman–Crippen LogP) is 2.84. The summed E-state index contributed by atoms with van der Waals surface area (Å²) in [6, 6.07) is 7.10. The monoisotopic (exact) mass is 497 g/mol. The van der Waals surface area contributed by atoms with Gasteiger partial charge in [0.1, 0.15) is 5.82 Å². The number of rotatable bonds is 7. The summed E-state index contributed by atoms with van der Waals surface area (Å²) in [5.41, 5.74) is -0.887. The Balaban J connectivity index is 1.62. The Kier molecular flexibility index (Phi) is 7.57. The summed E-state index contributed by atoms with van der Waals surface area (Å²) in [6.45, 7) is 1.28. The number of sulfonamides is 1. The fourth-order valence-electron chi connectivity index (χ4n) is 3.41. The number of benzene rings is 2. The van der Waals surface area contributed by atoms with Crippen molar-refractivity contribution < 1.29 is 36.4 Å². The minimum atomic E-state index is -3.95. The van der Waals surface area contributed by atoms with Gasteiger partial charge in [0.2, 0.25) is 15.8 Å². The molecule has 0 radical (unpaired) electrons. The SMILES string of the molecule is CC(OC(=O)C1CCCN(S(=O)(=O)c2ccc(F)cc2)C1)C(=O)Nc1ccc(F)c([N+](=O)[O-])c1. The van der Waals surface area contributed by atoms with Gasteiger partial charge in [0.05, 0.1) is 15.7 Å². The molecule has 2 atom stereocenters. The minimum absolute atomic E-state index is 0.0600. The maximum atomic E-state index is 13.4. The molecule has 10 nitrogen and oxygen atoms in total. The van der Waals surface area contributed by atoms with Gasteiger partial charge in [0, 0.05) is 24.8 Å². The molecule has 0 aromatic heterocycles. The van der Waals surface area contributed by atoms with Gasteiger partial charge in [-0.15, -0.1) is 0 Å². The molecule has 1 aliphatic rings. The highest BCUT2D eigenvalue weighted by molar-refractivity contribution is 7.89. The van der Waals surface area contributed by atoms with Gasteiger partial charge in [-0.2, -0.15) is 8.70 Å². The van der Waals surface area contributed by atoms with Crippen LogP contribution >= 0.6 is 0 Å². The summed E-state index contributed by atoms with van der Waals surface area (Å²) in [5.74, 6) is -4.07. The summed E-state index contributed by atoms with van der Waals surface area (Å²) < 4.78 is 58.5. The second-order valence-electron chi connectivity index (χ2n) is 7.65. The first-order chi connectivity index (χ1) is 16.0. The van der Waals surface area contributed by atoms with Crippen molar-refractivity contribution in [2.24, 2.45) is 5.92 Å². The first kappa shape index (κ1) is 25.2. The Bertz CT molecular complexity index is 1210. The first-order valence-electron chi connectivity index (χ1n) is 10.2. The number of halogens is 2. The summed E-state index contributed by atoms with van der Waals surface area (Å²) in [7, 11) is -3.95. The molecular weight excluding hydrogens is 476 g/mol. The Hall–Kier alpha value is -3.45. The Morgan fingerprint density at radius 2 is 1.88 bits per heavy atom. The minimum Gasteiger partial charge on any atom is -0.452 e. The van der Waals surface area contributed by atoms with Gasteiger partial charge in [-0.05, 0) is 56.2 Å². The van der Waals surface area contributed by atoms with Gasteiger partial charge in [-0.25, -0.2) is 12.8 Å². The van der Waals surface area contributed by atoms with Gasteiger partial charge in [-0.3, -0.25) is 19.7 Å². The molecule has 2 unspecified atom stereocenters. The molecule has 182 valence electrons. The zero-order chi connectivity index (χ0) is 25.0. The van der Waals surface area contributed by atoms with Crippen LogP contribution in [0, 0.1) is 27.7 Å². The third-order valence-corrected chi connectivity index (χ3v) is 7.12. The van der Waals surface area contributed by atoms with Crippen molar-refractivity contribution in [2.75, 3.05) is 18.4 Å². The lowest BCUT2D eigenvalue weighted by Crippen LogP contribution is -2.43. The second-order valence-corrected chi connectivity index (χ2v) is 9.59. The van der Waals surface area contributed by atoms with E-state index in [-0.39, 0.29) is 23.7 Å². The van der Waals surface area contributed by atoms with Gasteiger partial charge in [0.15, 0.2) is 6.10 Å². The number of carbonyl (C=O) groups is 2. The molecule has 1 N–H and O–H groups in total. The zero-order valence-electron chi connectivity index (χ0n) is 17.9. The van der Waals surface area contributed by atoms with Crippen LogP contribution in [-0.2, 0) is 24.3 Å². The van der Waals surface area contributed by atoms with Crippen LogP contribution in [0.4, 0.5) is 20.2 Å². The summed E-state index contributed by atoms with van der Waals surface area (Å²) in [4.78, 5) is 34.7. The van der Waals surface area contributed by atoms with Crippen molar-refractivity contribution in [1.29, 1.82) is 0 Å². The van der Waals surface area contributed by atoms with E-state index in [9.17, 15) is 36.9 Å². The largest absolute Gasteiger partial charge is 0.452 e. The lowest BCUT2D eigenvalue weighted by molar-refractivity contribution is -0.387. The molecule has 1 heterocycles. The molecule has 34 heavy (non-hydrogen) atoms. The van der Waals surface area contributed by atoms with E-state index >= 15 is 0 Å². The fourth-order valence-corrected chi connectivity index (χ4v) is 4.93. The molecule has 0 saturated carbocycles. The van der Waals surface area contributed by atoms with E-state index in [1.54, 1.807) is 0 Å². The molecule has 0 aliphatic carbocycles. The molecule has 2 aromatic rings. The van der Waals surface area contributed by atoms with E-state index in [0.717, 1.165) is 46.8 Å². The number of amides is 1. The van der Waals surface area contributed by atoms with Crippen molar-refractivity contribution in [1.82, 2.24) is 4.31 Å². The van der Waals surface area contributed by atoms with Crippen molar-refractivity contribution in [3.05, 3.63) is 64.2 Å². The Labute approximate surface area is 193 Å². The summed E-state index contributed by atoms with van der Waals surface area (Å²) >= 11 is 0. The number of nitro benzene ring substituents is 1. The Morgan fingerprint density at radius 3 is 2.53 bits per heavy atom. The van der Waals surface area contributed by atoms with E-state index < -0.39 is 56.2 Å². The molecule has 2 aromatic carbocycles. The van der Waals surface area contributed by atoms with E-state index in [0.29, 0.717) is 12.8 Å². The number of esters is 1. The van der Waals surface area contributed by atoms with Crippen LogP contribution in [-0.4, -0.2) is 48.7 Å². The molecule has 1 aliphatic heterocycles. The average molecular weight is 497 g/mol. The predicted molar refractivity (Wildman–Crippen MR) is 115 cm³/mol. The summed E-state index contributed by atoms with van der Waals surface area (Å²) in [6.07, 6.45) is -0.590. The van der Waals surface area contributed by atoms with Gasteiger partial charge < -0.3 is 10.1 Å². The van der Waals surface area contributed by atoms with Gasteiger partial charge in [0.25, 0.3) is 5.91 Å². The number of carbonyl (C=O) groups excluding carboxylic acids is 2. The van der Waals surface area contributed by atoms with Crippen LogP contribution in [0.1, 0.15) is 19.8 Å². The van der Waals surface area contributed by atoms with E-state index in [4.69, 9.17) is 4.74 Å². The number of piperidine rings is 1. The molecule has 1 fully saturated rings. The first-order valence-corrected chi connectivity index (χ1v) is 11.6. The number of nitro groups is 1. The third-order valence-electron chi connectivity index (χ3n) is 5.24. The maximum Gasteiger partial charge on any atom is 0.311 e. The van der Waals surface area contributed by atoms with Crippen LogP contribution in [0.25, 0.3) is 0 Å². The molecule has 3 rings (SSSR count). The molecule has 1 amide bonds. The lowest BCUT2D eigenvalue weighted by atomic mass is 10.00. The quantitative estimate of drug-likeness (QED) is 0.353. The van der Waals surface area contributed by atoms with Gasteiger partial charge in [-0.1, -0.05) is 0 Å². The highest BCUT2D eigenvalue weighted by Crippen LogP contribution is 2.26. The Morgan fingerprint density at radius 1 is 1.21 bits per heavy atom.